The molecule has 0 radical (unpaired) electrons. The molecular formula is C18H27N3OS. The molecule has 2 heterocycles. The summed E-state index contributed by atoms with van der Waals surface area (Å²) in [6, 6.07) is 2.00. The Hall–Kier alpha value is -1.62. The fourth-order valence-corrected chi connectivity index (χ4v) is 3.17. The summed E-state index contributed by atoms with van der Waals surface area (Å²) in [5.41, 5.74) is 3.81. The van der Waals surface area contributed by atoms with Crippen LogP contribution in [0.2, 0.25) is 0 Å². The van der Waals surface area contributed by atoms with Crippen molar-refractivity contribution in [2.75, 3.05) is 6.54 Å². The van der Waals surface area contributed by atoms with E-state index in [1.807, 2.05) is 19.9 Å². The van der Waals surface area contributed by atoms with Gasteiger partial charge in [-0.2, -0.15) is 0 Å². The second-order valence-electron chi connectivity index (χ2n) is 6.39. The largest absolute Gasteiger partial charge is 0.352 e. The summed E-state index contributed by atoms with van der Waals surface area (Å²) in [5.74, 6) is 0.460. The number of aromatic nitrogens is 2. The quantitative estimate of drug-likeness (QED) is 0.815. The van der Waals surface area contributed by atoms with E-state index in [0.717, 1.165) is 47.0 Å². The van der Waals surface area contributed by atoms with Crippen molar-refractivity contribution < 1.29 is 4.79 Å². The van der Waals surface area contributed by atoms with Crippen LogP contribution in [0.1, 0.15) is 54.7 Å². The molecule has 0 spiro atoms. The van der Waals surface area contributed by atoms with Crippen molar-refractivity contribution in [3.8, 4) is 11.4 Å². The first-order chi connectivity index (χ1) is 10.9. The molecule has 1 amide bonds. The molecule has 0 fully saturated rings. The average molecular weight is 334 g/mol. The molecule has 2 aromatic rings. The maximum Gasteiger partial charge on any atom is 0.253 e. The Morgan fingerprint density at radius 2 is 2.13 bits per heavy atom. The molecular weight excluding hydrogens is 306 g/mol. The Kier molecular flexibility index (Phi) is 5.99. The third kappa shape index (κ3) is 4.22. The van der Waals surface area contributed by atoms with Gasteiger partial charge in [-0.1, -0.05) is 27.2 Å². The van der Waals surface area contributed by atoms with Crippen molar-refractivity contribution in [3.05, 3.63) is 27.7 Å². The van der Waals surface area contributed by atoms with Gasteiger partial charge in [-0.15, -0.1) is 11.3 Å². The van der Waals surface area contributed by atoms with Crippen molar-refractivity contribution in [3.63, 3.8) is 0 Å². The van der Waals surface area contributed by atoms with Crippen LogP contribution in [0.15, 0.2) is 11.4 Å². The Morgan fingerprint density at radius 3 is 2.70 bits per heavy atom. The second-order valence-corrected chi connectivity index (χ2v) is 7.45. The van der Waals surface area contributed by atoms with Crippen LogP contribution in [-0.4, -0.2) is 22.0 Å². The minimum Gasteiger partial charge on any atom is -0.352 e. The van der Waals surface area contributed by atoms with E-state index < -0.39 is 0 Å². The van der Waals surface area contributed by atoms with E-state index in [9.17, 15) is 4.79 Å². The number of hydrogen-bond donors (Lipinski definition) is 1. The number of hydrogen-bond acceptors (Lipinski definition) is 3. The van der Waals surface area contributed by atoms with E-state index in [1.54, 1.807) is 11.3 Å². The van der Waals surface area contributed by atoms with E-state index >= 15 is 0 Å². The Labute approximate surface area is 142 Å². The zero-order chi connectivity index (χ0) is 17.0. The van der Waals surface area contributed by atoms with Gasteiger partial charge in [0.25, 0.3) is 5.91 Å². The van der Waals surface area contributed by atoms with Gasteiger partial charge in [0, 0.05) is 24.2 Å². The molecule has 0 aliphatic carbocycles. The molecule has 4 nitrogen and oxygen atoms in total. The normalized spacial score (nSPS) is 11.2. The van der Waals surface area contributed by atoms with Crippen LogP contribution in [0, 0.1) is 19.8 Å². The molecule has 2 aromatic heterocycles. The van der Waals surface area contributed by atoms with Gasteiger partial charge < -0.3 is 9.88 Å². The molecule has 0 saturated heterocycles. The number of aryl methyl sites for hydroxylation is 1. The number of nitrogens with zero attached hydrogens (tertiary/aromatic N) is 2. The number of rotatable bonds is 7. The van der Waals surface area contributed by atoms with E-state index in [0.29, 0.717) is 12.5 Å². The molecule has 0 saturated carbocycles. The first kappa shape index (κ1) is 17.7. The van der Waals surface area contributed by atoms with Gasteiger partial charge in [-0.25, -0.2) is 4.98 Å². The van der Waals surface area contributed by atoms with Crippen molar-refractivity contribution in [1.82, 2.24) is 14.9 Å². The van der Waals surface area contributed by atoms with Gasteiger partial charge in [0.15, 0.2) is 0 Å². The fraction of sp³-hybridized carbons (Fsp3) is 0.556. The molecule has 23 heavy (non-hydrogen) atoms. The summed E-state index contributed by atoms with van der Waals surface area (Å²) in [6.45, 7) is 12.0. The first-order valence-electron chi connectivity index (χ1n) is 8.34. The van der Waals surface area contributed by atoms with E-state index in [4.69, 9.17) is 0 Å². The number of thiazole rings is 1. The van der Waals surface area contributed by atoms with Gasteiger partial charge in [0.1, 0.15) is 0 Å². The number of carbonyl (C=O) groups is 1. The highest BCUT2D eigenvalue weighted by Gasteiger charge is 2.19. The summed E-state index contributed by atoms with van der Waals surface area (Å²) in [4.78, 5) is 17.1. The van der Waals surface area contributed by atoms with Gasteiger partial charge in [0.05, 0.1) is 22.0 Å². The maximum atomic E-state index is 12.5. The first-order valence-corrected chi connectivity index (χ1v) is 9.22. The third-order valence-electron chi connectivity index (χ3n) is 3.90. The standard InChI is InChI=1S/C18H27N3OS/c1-6-7-8-21-13(4)15(18(22)19-10-12(2)3)9-17(21)16-11-23-14(5)20-16/h9,11-12H,6-8,10H2,1-5H3,(H,19,22). The monoisotopic (exact) mass is 333 g/mol. The summed E-state index contributed by atoms with van der Waals surface area (Å²) in [5, 5.41) is 6.14. The molecule has 0 unspecified atom stereocenters. The zero-order valence-corrected chi connectivity index (χ0v) is 15.6. The molecule has 1 N–H and O–H groups in total. The van der Waals surface area contributed by atoms with Gasteiger partial charge in [-0.05, 0) is 32.3 Å². The summed E-state index contributed by atoms with van der Waals surface area (Å²) in [6.07, 6.45) is 2.22. The van der Waals surface area contributed by atoms with Gasteiger partial charge >= 0.3 is 0 Å². The van der Waals surface area contributed by atoms with Crippen LogP contribution in [0.25, 0.3) is 11.4 Å². The SMILES string of the molecule is CCCCn1c(-c2csc(C)n2)cc(C(=O)NCC(C)C)c1C. The molecule has 5 heteroatoms. The molecule has 0 aliphatic heterocycles. The molecule has 0 aromatic carbocycles. The average Bonchev–Trinajstić information content (AvgIpc) is 3.06. The van der Waals surface area contributed by atoms with E-state index in [2.05, 4.69) is 41.0 Å². The predicted octanol–water partition coefficient (Wildman–Crippen LogP) is 4.41. The fourth-order valence-electron chi connectivity index (χ4n) is 2.56. The lowest BCUT2D eigenvalue weighted by Crippen LogP contribution is -2.27. The lowest BCUT2D eigenvalue weighted by Gasteiger charge is -2.11. The van der Waals surface area contributed by atoms with Crippen LogP contribution in [0.5, 0.6) is 0 Å². The van der Waals surface area contributed by atoms with Gasteiger partial charge in [-0.3, -0.25) is 4.79 Å². The summed E-state index contributed by atoms with van der Waals surface area (Å²) in [7, 11) is 0. The molecule has 0 bridgehead atoms. The van der Waals surface area contributed by atoms with Crippen molar-refractivity contribution >= 4 is 17.2 Å². The summed E-state index contributed by atoms with van der Waals surface area (Å²) >= 11 is 1.64. The Balaban J connectivity index is 2.37. The smallest absolute Gasteiger partial charge is 0.253 e. The highest BCUT2D eigenvalue weighted by atomic mass is 32.1. The Bertz CT molecular complexity index is 670. The number of amides is 1. The maximum absolute atomic E-state index is 12.5. The van der Waals surface area contributed by atoms with Crippen molar-refractivity contribution in [1.29, 1.82) is 0 Å². The van der Waals surface area contributed by atoms with Crippen molar-refractivity contribution in [2.45, 2.75) is 54.0 Å². The molecule has 126 valence electrons. The minimum absolute atomic E-state index is 0.0136. The van der Waals surface area contributed by atoms with Gasteiger partial charge in [0.2, 0.25) is 0 Å². The lowest BCUT2D eigenvalue weighted by atomic mass is 10.2. The van der Waals surface area contributed by atoms with Crippen LogP contribution < -0.4 is 5.32 Å². The van der Waals surface area contributed by atoms with Crippen molar-refractivity contribution in [2.24, 2.45) is 5.92 Å². The van der Waals surface area contributed by atoms with E-state index in [-0.39, 0.29) is 5.91 Å². The lowest BCUT2D eigenvalue weighted by molar-refractivity contribution is 0.0948. The van der Waals surface area contributed by atoms with Crippen LogP contribution in [-0.2, 0) is 6.54 Å². The zero-order valence-electron chi connectivity index (χ0n) is 14.8. The Morgan fingerprint density at radius 1 is 1.39 bits per heavy atom. The third-order valence-corrected chi connectivity index (χ3v) is 4.67. The van der Waals surface area contributed by atoms with Crippen LogP contribution in [0.3, 0.4) is 0 Å². The minimum atomic E-state index is 0.0136. The predicted molar refractivity (Wildman–Crippen MR) is 97.1 cm³/mol. The number of nitrogens with one attached hydrogen (secondary N) is 1. The second kappa shape index (κ2) is 7.77. The van der Waals surface area contributed by atoms with E-state index in [1.165, 1.54) is 0 Å². The van der Waals surface area contributed by atoms with Crippen LogP contribution in [0.4, 0.5) is 0 Å². The highest BCUT2D eigenvalue weighted by molar-refractivity contribution is 7.09. The topological polar surface area (TPSA) is 46.9 Å². The summed E-state index contributed by atoms with van der Waals surface area (Å²) < 4.78 is 2.24. The highest BCUT2D eigenvalue weighted by Crippen LogP contribution is 2.27. The number of carbonyl (C=O) groups excluding carboxylic acids is 1. The number of unbranched alkanes of at least 4 members (excludes halogenated alkanes) is 1. The molecule has 2 rings (SSSR count). The van der Waals surface area contributed by atoms with Crippen LogP contribution >= 0.6 is 11.3 Å². The molecule has 0 aliphatic rings. The molecule has 0 atom stereocenters.